The van der Waals surface area contributed by atoms with Gasteiger partial charge in [0.15, 0.2) is 46.5 Å². The highest BCUT2D eigenvalue weighted by molar-refractivity contribution is 6.00. The number of fused-ring (bicyclic) bond motifs is 9. The number of nitrogens with zero attached hydrogens (tertiary/aromatic N) is 2. The summed E-state index contributed by atoms with van der Waals surface area (Å²) in [4.78, 5) is 17.2. The molecule has 3 N–H and O–H groups in total. The highest BCUT2D eigenvalue weighted by Crippen LogP contribution is 2.40. The van der Waals surface area contributed by atoms with Crippen molar-refractivity contribution >= 4 is 45.3 Å². The lowest BCUT2D eigenvalue weighted by Crippen LogP contribution is -2.05. The zero-order valence-corrected chi connectivity index (χ0v) is 25.1. The van der Waals surface area contributed by atoms with E-state index in [9.17, 15) is 26.3 Å². The molecule has 8 bridgehead atoms. The predicted molar refractivity (Wildman–Crippen MR) is 169 cm³/mol. The number of hydrogen-bond donors (Lipinski definition) is 3. The fourth-order valence-corrected chi connectivity index (χ4v) is 6.15. The van der Waals surface area contributed by atoms with Crippen molar-refractivity contribution in [2.45, 2.75) is 0 Å². The van der Waals surface area contributed by atoms with Gasteiger partial charge < -0.3 is 15.0 Å². The zero-order chi connectivity index (χ0) is 35.9. The van der Waals surface area contributed by atoms with E-state index in [1.165, 1.54) is 60.9 Å². The first-order chi connectivity index (χ1) is 24.5. The van der Waals surface area contributed by atoms with Crippen molar-refractivity contribution < 1.29 is 43.9 Å². The summed E-state index contributed by atoms with van der Waals surface area (Å²) in [7, 11) is 0. The SMILES string of the molecule is Fc1c(F)c(F)c(-c2c3nc(c4ccc([nH]4)c(-c4c(F)c(F)c(F)c(F)c4F)c4ccc([nH]4)c(-c4ccncc4)c4ccc2[nH]4)C=C3)c(F)c1F. The number of nitrogens with one attached hydrogen (secondary N) is 3. The molecule has 0 aliphatic carbocycles. The van der Waals surface area contributed by atoms with Crippen molar-refractivity contribution in [1.82, 2.24) is 24.9 Å². The molecule has 0 unspecified atom stereocenters. The summed E-state index contributed by atoms with van der Waals surface area (Å²) in [6.07, 6.45) is 5.43. The van der Waals surface area contributed by atoms with Gasteiger partial charge in [0.25, 0.3) is 0 Å². The molecule has 6 heterocycles. The topological polar surface area (TPSA) is 73.2 Å². The Balaban J connectivity index is 1.60. The van der Waals surface area contributed by atoms with E-state index in [2.05, 4.69) is 24.9 Å². The first kappa shape index (κ1) is 31.9. The van der Waals surface area contributed by atoms with Crippen molar-refractivity contribution in [2.75, 3.05) is 0 Å². The summed E-state index contributed by atoms with van der Waals surface area (Å²) in [5.41, 5.74) is -2.83. The fourth-order valence-electron chi connectivity index (χ4n) is 6.15. The maximum atomic E-state index is 15.4. The molecule has 7 aromatic rings. The second-order valence-corrected chi connectivity index (χ2v) is 11.3. The molecule has 0 atom stereocenters. The molecule has 0 spiro atoms. The lowest BCUT2D eigenvalue weighted by molar-refractivity contribution is 0.381. The normalized spacial score (nSPS) is 12.0. The standard InChI is InChI=1S/C36H15F10N5/c37-27-25(28(38)32(42)35(45)31(27)41)23-18-3-1-14(48-18)15-2-4-19(49-15)24(26-29(39)33(43)36(46)34(44)30(26)40)21-8-6-17(51-21)22(13-9-11-47-12-10-13)16-5-7-20(23)50-16/h1-12,48,50-51H. The molecule has 0 fully saturated rings. The van der Waals surface area contributed by atoms with Crippen LogP contribution in [0.1, 0.15) is 11.4 Å². The molecular weight excluding hydrogens is 692 g/mol. The third-order valence-electron chi connectivity index (χ3n) is 8.47. The van der Waals surface area contributed by atoms with Crippen LogP contribution in [0.3, 0.4) is 0 Å². The Morgan fingerprint density at radius 1 is 0.333 bits per heavy atom. The van der Waals surface area contributed by atoms with Crippen LogP contribution in [0.4, 0.5) is 43.9 Å². The molecule has 0 saturated heterocycles. The van der Waals surface area contributed by atoms with Gasteiger partial charge in [0.1, 0.15) is 0 Å². The number of rotatable bonds is 3. The maximum absolute atomic E-state index is 15.4. The van der Waals surface area contributed by atoms with Gasteiger partial charge in [-0.05, 0) is 66.2 Å². The summed E-state index contributed by atoms with van der Waals surface area (Å²) < 4.78 is 148. The van der Waals surface area contributed by atoms with Crippen molar-refractivity contribution in [3.05, 3.63) is 130 Å². The molecule has 1 aliphatic heterocycles. The van der Waals surface area contributed by atoms with Crippen LogP contribution in [0.2, 0.25) is 0 Å². The third kappa shape index (κ3) is 4.79. The fraction of sp³-hybridized carbons (Fsp3) is 0. The Morgan fingerprint density at radius 3 is 1.18 bits per heavy atom. The molecule has 0 radical (unpaired) electrons. The van der Waals surface area contributed by atoms with Gasteiger partial charge in [-0.3, -0.25) is 4.98 Å². The van der Waals surface area contributed by atoms with E-state index in [1.807, 2.05) is 0 Å². The molecule has 5 aromatic heterocycles. The van der Waals surface area contributed by atoms with Crippen LogP contribution >= 0.6 is 0 Å². The molecule has 0 amide bonds. The van der Waals surface area contributed by atoms with Crippen LogP contribution in [0, 0.1) is 58.2 Å². The number of aromatic amines is 3. The van der Waals surface area contributed by atoms with Gasteiger partial charge >= 0.3 is 0 Å². The number of aromatic nitrogens is 5. The van der Waals surface area contributed by atoms with Crippen molar-refractivity contribution in [2.24, 2.45) is 0 Å². The summed E-state index contributed by atoms with van der Waals surface area (Å²) >= 11 is 0. The lowest BCUT2D eigenvalue weighted by atomic mass is 10.0. The smallest absolute Gasteiger partial charge is 0.200 e. The van der Waals surface area contributed by atoms with E-state index in [0.29, 0.717) is 11.1 Å². The minimum absolute atomic E-state index is 0.0206. The van der Waals surface area contributed by atoms with E-state index in [0.717, 1.165) is 0 Å². The van der Waals surface area contributed by atoms with E-state index >= 15 is 17.6 Å². The maximum Gasteiger partial charge on any atom is 0.200 e. The first-order valence-corrected chi connectivity index (χ1v) is 14.7. The Labute approximate surface area is 277 Å². The van der Waals surface area contributed by atoms with Crippen LogP contribution in [-0.4, -0.2) is 24.9 Å². The van der Waals surface area contributed by atoms with E-state index in [-0.39, 0.29) is 44.5 Å². The molecule has 5 nitrogen and oxygen atoms in total. The number of benzene rings is 2. The van der Waals surface area contributed by atoms with E-state index < -0.39 is 80.4 Å². The molecule has 8 rings (SSSR count). The van der Waals surface area contributed by atoms with Gasteiger partial charge in [0, 0.05) is 56.7 Å². The summed E-state index contributed by atoms with van der Waals surface area (Å²) in [6.45, 7) is 0. The van der Waals surface area contributed by atoms with Crippen LogP contribution < -0.4 is 0 Å². The quantitative estimate of drug-likeness (QED) is 0.0972. The first-order valence-electron chi connectivity index (χ1n) is 14.7. The van der Waals surface area contributed by atoms with Gasteiger partial charge in [-0.15, -0.1) is 0 Å². The lowest BCUT2D eigenvalue weighted by Gasteiger charge is -2.10. The van der Waals surface area contributed by atoms with Crippen molar-refractivity contribution in [3.63, 3.8) is 0 Å². The number of H-pyrrole nitrogens is 3. The molecule has 1 aliphatic rings. The second-order valence-electron chi connectivity index (χ2n) is 11.3. The minimum atomic E-state index is -2.36. The summed E-state index contributed by atoms with van der Waals surface area (Å²) in [6, 6.07) is 11.3. The summed E-state index contributed by atoms with van der Waals surface area (Å²) in [5, 5.41) is 0. The molecule has 0 saturated carbocycles. The largest absolute Gasteiger partial charge is 0.354 e. The van der Waals surface area contributed by atoms with E-state index in [1.54, 1.807) is 12.1 Å². The predicted octanol–water partition coefficient (Wildman–Crippen LogP) is 10.5. The second kappa shape index (κ2) is 11.6. The van der Waals surface area contributed by atoms with Gasteiger partial charge in [0.05, 0.1) is 28.0 Å². The van der Waals surface area contributed by atoms with Gasteiger partial charge in [-0.2, -0.15) is 0 Å². The number of halogens is 10. The molecule has 15 heteroatoms. The highest BCUT2D eigenvalue weighted by Gasteiger charge is 2.31. The van der Waals surface area contributed by atoms with Crippen LogP contribution in [0.5, 0.6) is 0 Å². The minimum Gasteiger partial charge on any atom is -0.354 e. The highest BCUT2D eigenvalue weighted by atomic mass is 19.2. The number of pyridine rings is 1. The van der Waals surface area contributed by atoms with Gasteiger partial charge in [-0.25, -0.2) is 48.9 Å². The monoisotopic (exact) mass is 707 g/mol. The Kier molecular flexibility index (Phi) is 7.25. The van der Waals surface area contributed by atoms with Crippen LogP contribution in [-0.2, 0) is 0 Å². The van der Waals surface area contributed by atoms with Crippen molar-refractivity contribution in [1.29, 1.82) is 0 Å². The third-order valence-corrected chi connectivity index (χ3v) is 8.47. The van der Waals surface area contributed by atoms with E-state index in [4.69, 9.17) is 0 Å². The molecular formula is C36H15F10N5. The molecule has 51 heavy (non-hydrogen) atoms. The average Bonchev–Trinajstić information content (AvgIpc) is 3.97. The zero-order valence-electron chi connectivity index (χ0n) is 25.1. The molecule has 254 valence electrons. The Hall–Kier alpha value is -6.38. The number of hydrogen-bond acceptors (Lipinski definition) is 2. The Morgan fingerprint density at radius 2 is 0.686 bits per heavy atom. The summed E-state index contributed by atoms with van der Waals surface area (Å²) in [5.74, 6) is -21.9. The van der Waals surface area contributed by atoms with Crippen LogP contribution in [0.15, 0.2) is 60.9 Å². The van der Waals surface area contributed by atoms with Crippen molar-refractivity contribution in [3.8, 4) is 33.4 Å². The van der Waals surface area contributed by atoms with Gasteiger partial charge in [-0.1, -0.05) is 0 Å². The Bertz CT molecular complexity index is 2710. The average molecular weight is 708 g/mol. The van der Waals surface area contributed by atoms with Gasteiger partial charge in [0.2, 0.25) is 11.6 Å². The molecule has 2 aromatic carbocycles. The van der Waals surface area contributed by atoms with Crippen LogP contribution in [0.25, 0.3) is 78.6 Å².